The minimum absolute atomic E-state index is 0.714. The first kappa shape index (κ1) is 19.7. The van der Waals surface area contributed by atoms with E-state index in [1.54, 1.807) is 14.2 Å². The van der Waals surface area contributed by atoms with Crippen molar-refractivity contribution in [3.05, 3.63) is 75.7 Å². The highest BCUT2D eigenvalue weighted by Crippen LogP contribution is 2.36. The number of rotatable bonds is 5. The quantitative estimate of drug-likeness (QED) is 0.314. The zero-order valence-corrected chi connectivity index (χ0v) is 19.0. The van der Waals surface area contributed by atoms with Crippen molar-refractivity contribution in [1.82, 2.24) is 9.97 Å². The summed E-state index contributed by atoms with van der Waals surface area (Å²) in [6.07, 6.45) is 0. The van der Waals surface area contributed by atoms with E-state index in [0.717, 1.165) is 42.8 Å². The van der Waals surface area contributed by atoms with Gasteiger partial charge in [-0.15, -0.1) is 0 Å². The summed E-state index contributed by atoms with van der Waals surface area (Å²) < 4.78 is 12.9. The number of halogens is 2. The molecule has 0 saturated heterocycles. The molecule has 0 amide bonds. The Morgan fingerprint density at radius 1 is 0.690 bits per heavy atom. The van der Waals surface area contributed by atoms with Crippen molar-refractivity contribution in [3.8, 4) is 45.4 Å². The lowest BCUT2D eigenvalue weighted by molar-refractivity contribution is 0.394. The van der Waals surface area contributed by atoms with Crippen LogP contribution in [0, 0.1) is 0 Å². The molecule has 0 aliphatic rings. The Bertz CT molecular complexity index is 1050. The molecule has 3 aromatic carbocycles. The van der Waals surface area contributed by atoms with Crippen molar-refractivity contribution in [3.63, 3.8) is 0 Å². The molecule has 0 unspecified atom stereocenters. The topological polar surface area (TPSA) is 47.1 Å². The number of hydrogen-bond acceptors (Lipinski definition) is 3. The van der Waals surface area contributed by atoms with Gasteiger partial charge in [-0.3, -0.25) is 0 Å². The van der Waals surface area contributed by atoms with Crippen LogP contribution in [0.1, 0.15) is 0 Å². The van der Waals surface area contributed by atoms with Crippen molar-refractivity contribution in [2.75, 3.05) is 14.2 Å². The highest BCUT2D eigenvalue weighted by atomic mass is 79.9. The summed E-state index contributed by atoms with van der Waals surface area (Å²) in [5, 5.41) is 0. The van der Waals surface area contributed by atoms with E-state index in [1.807, 2.05) is 42.5 Å². The molecule has 0 atom stereocenters. The van der Waals surface area contributed by atoms with Crippen LogP contribution in [0.3, 0.4) is 0 Å². The molecule has 1 heterocycles. The first-order valence-corrected chi connectivity index (χ1v) is 10.5. The molecule has 0 radical (unpaired) electrons. The van der Waals surface area contributed by atoms with Crippen molar-refractivity contribution in [1.29, 1.82) is 0 Å². The van der Waals surface area contributed by atoms with Crippen LogP contribution in [-0.4, -0.2) is 24.2 Å². The average molecular weight is 514 g/mol. The number of methoxy groups -OCH3 is 2. The van der Waals surface area contributed by atoms with Crippen LogP contribution in [-0.2, 0) is 0 Å². The van der Waals surface area contributed by atoms with Gasteiger partial charge in [0.05, 0.1) is 25.6 Å². The summed E-state index contributed by atoms with van der Waals surface area (Å²) in [5.41, 5.74) is 4.82. The third-order valence-corrected chi connectivity index (χ3v) is 5.64. The minimum Gasteiger partial charge on any atom is -0.497 e. The summed E-state index contributed by atoms with van der Waals surface area (Å²) in [7, 11) is 3.28. The number of nitrogens with zero attached hydrogens (tertiary/aromatic N) is 1. The molecule has 4 rings (SSSR count). The third-order valence-electron chi connectivity index (χ3n) is 4.58. The zero-order chi connectivity index (χ0) is 20.4. The highest BCUT2D eigenvalue weighted by molar-refractivity contribution is 9.10. The van der Waals surface area contributed by atoms with E-state index in [9.17, 15) is 0 Å². The second-order valence-electron chi connectivity index (χ2n) is 6.42. The smallest absolute Gasteiger partial charge is 0.138 e. The number of imidazole rings is 1. The van der Waals surface area contributed by atoms with Crippen molar-refractivity contribution < 1.29 is 9.47 Å². The fourth-order valence-electron chi connectivity index (χ4n) is 3.10. The maximum Gasteiger partial charge on any atom is 0.138 e. The number of aromatic amines is 1. The summed E-state index contributed by atoms with van der Waals surface area (Å²) in [5.74, 6) is 2.18. The van der Waals surface area contributed by atoms with Gasteiger partial charge >= 0.3 is 0 Å². The minimum atomic E-state index is 0.714. The Morgan fingerprint density at radius 3 is 1.72 bits per heavy atom. The molecule has 0 saturated carbocycles. The fraction of sp³-hybridized carbons (Fsp3) is 0.0870. The van der Waals surface area contributed by atoms with Crippen LogP contribution in [0.15, 0.2) is 75.7 Å². The summed E-state index contributed by atoms with van der Waals surface area (Å²) in [6.45, 7) is 0. The maximum atomic E-state index is 5.42. The maximum absolute atomic E-state index is 5.42. The second kappa shape index (κ2) is 8.43. The van der Waals surface area contributed by atoms with E-state index in [0.29, 0.717) is 11.5 Å². The number of H-pyrrole nitrogens is 1. The largest absolute Gasteiger partial charge is 0.497 e. The predicted molar refractivity (Wildman–Crippen MR) is 123 cm³/mol. The molecule has 4 aromatic rings. The zero-order valence-electron chi connectivity index (χ0n) is 15.9. The van der Waals surface area contributed by atoms with Crippen molar-refractivity contribution >= 4 is 31.9 Å². The normalized spacial score (nSPS) is 10.8. The van der Waals surface area contributed by atoms with Crippen molar-refractivity contribution in [2.24, 2.45) is 0 Å². The first-order chi connectivity index (χ1) is 14.1. The molecule has 146 valence electrons. The lowest BCUT2D eigenvalue weighted by Gasteiger charge is -2.06. The Kier molecular flexibility index (Phi) is 5.74. The SMILES string of the molecule is COc1cc(OC)cc(-c2nc(-c3ccc(Br)cc3)c(-c3ccc(Br)cc3)[nH]2)c1. The molecule has 1 aromatic heterocycles. The molecule has 0 bridgehead atoms. The van der Waals surface area contributed by atoms with Gasteiger partial charge in [0.1, 0.15) is 17.3 Å². The van der Waals surface area contributed by atoms with Gasteiger partial charge in [0, 0.05) is 31.7 Å². The molecule has 0 aliphatic carbocycles. The van der Waals surface area contributed by atoms with E-state index in [-0.39, 0.29) is 0 Å². The molecular weight excluding hydrogens is 496 g/mol. The molecule has 0 spiro atoms. The van der Waals surface area contributed by atoms with Gasteiger partial charge in [-0.25, -0.2) is 4.98 Å². The van der Waals surface area contributed by atoms with Gasteiger partial charge in [0.2, 0.25) is 0 Å². The number of ether oxygens (including phenoxy) is 2. The molecule has 0 aliphatic heterocycles. The van der Waals surface area contributed by atoms with Gasteiger partial charge < -0.3 is 14.5 Å². The lowest BCUT2D eigenvalue weighted by Crippen LogP contribution is -1.89. The molecular formula is C23H18Br2N2O2. The lowest BCUT2D eigenvalue weighted by atomic mass is 10.1. The van der Waals surface area contributed by atoms with Crippen LogP contribution in [0.4, 0.5) is 0 Å². The van der Waals surface area contributed by atoms with Crippen LogP contribution in [0.5, 0.6) is 11.5 Å². The molecule has 4 nitrogen and oxygen atoms in total. The van der Waals surface area contributed by atoms with Crippen LogP contribution >= 0.6 is 31.9 Å². The molecule has 1 N–H and O–H groups in total. The van der Waals surface area contributed by atoms with Gasteiger partial charge in [-0.05, 0) is 36.4 Å². The molecule has 6 heteroatoms. The van der Waals surface area contributed by atoms with Crippen LogP contribution in [0.25, 0.3) is 33.9 Å². The molecule has 0 fully saturated rings. The average Bonchev–Trinajstić information content (AvgIpc) is 3.20. The van der Waals surface area contributed by atoms with Crippen LogP contribution in [0.2, 0.25) is 0 Å². The summed E-state index contributed by atoms with van der Waals surface area (Å²) in [4.78, 5) is 8.44. The second-order valence-corrected chi connectivity index (χ2v) is 8.26. The number of aromatic nitrogens is 2. The predicted octanol–water partition coefficient (Wildman–Crippen LogP) is 6.95. The third kappa shape index (κ3) is 4.23. The highest BCUT2D eigenvalue weighted by Gasteiger charge is 2.16. The standard InChI is InChI=1S/C23H18Br2N2O2/c1-28-19-11-16(12-20(13-19)29-2)23-26-21(14-3-7-17(24)8-4-14)22(27-23)15-5-9-18(25)10-6-15/h3-13H,1-2H3,(H,26,27). The van der Waals surface area contributed by atoms with E-state index in [1.165, 1.54) is 0 Å². The van der Waals surface area contributed by atoms with Crippen LogP contribution < -0.4 is 9.47 Å². The summed E-state index contributed by atoms with van der Waals surface area (Å²) >= 11 is 7.01. The number of hydrogen-bond donors (Lipinski definition) is 1. The fourth-order valence-corrected chi connectivity index (χ4v) is 3.62. The first-order valence-electron chi connectivity index (χ1n) is 8.92. The van der Waals surface area contributed by atoms with E-state index in [2.05, 4.69) is 61.1 Å². The van der Waals surface area contributed by atoms with E-state index in [4.69, 9.17) is 14.5 Å². The Hall–Kier alpha value is -2.57. The molecule has 29 heavy (non-hydrogen) atoms. The monoisotopic (exact) mass is 512 g/mol. The van der Waals surface area contributed by atoms with E-state index < -0.39 is 0 Å². The number of benzene rings is 3. The number of nitrogens with one attached hydrogen (secondary N) is 1. The van der Waals surface area contributed by atoms with Gasteiger partial charge in [0.25, 0.3) is 0 Å². The van der Waals surface area contributed by atoms with Crippen molar-refractivity contribution in [2.45, 2.75) is 0 Å². The van der Waals surface area contributed by atoms with E-state index >= 15 is 0 Å². The Balaban J connectivity index is 1.90. The Morgan fingerprint density at radius 2 is 1.21 bits per heavy atom. The Labute approximate surface area is 186 Å². The van der Waals surface area contributed by atoms with Gasteiger partial charge in [0.15, 0.2) is 0 Å². The van der Waals surface area contributed by atoms with Gasteiger partial charge in [-0.1, -0.05) is 56.1 Å². The summed E-state index contributed by atoms with van der Waals surface area (Å²) in [6, 6.07) is 22.1. The van der Waals surface area contributed by atoms with Gasteiger partial charge in [-0.2, -0.15) is 0 Å².